The van der Waals surface area contributed by atoms with E-state index in [4.69, 9.17) is 16.3 Å². The molecule has 2 amide bonds. The minimum Gasteiger partial charge on any atom is -0.483 e. The van der Waals surface area contributed by atoms with Crippen LogP contribution in [0.4, 0.5) is 0 Å². The van der Waals surface area contributed by atoms with Gasteiger partial charge >= 0.3 is 0 Å². The van der Waals surface area contributed by atoms with Gasteiger partial charge < -0.3 is 19.6 Å². The van der Waals surface area contributed by atoms with E-state index in [2.05, 4.69) is 0 Å². The van der Waals surface area contributed by atoms with E-state index in [9.17, 15) is 14.7 Å². The Bertz CT molecular complexity index is 716. The smallest absolute Gasteiger partial charge is 0.260 e. The predicted molar refractivity (Wildman–Crippen MR) is 103 cm³/mol. The summed E-state index contributed by atoms with van der Waals surface area (Å²) in [5.74, 6) is 0.762. The second-order valence-corrected chi connectivity index (χ2v) is 8.16. The monoisotopic (exact) mass is 394 g/mol. The number of amides is 2. The number of nitrogens with zero attached hydrogens (tertiary/aromatic N) is 2. The van der Waals surface area contributed by atoms with Crippen LogP contribution in [-0.2, 0) is 9.59 Å². The fourth-order valence-electron chi connectivity index (χ4n) is 4.30. The zero-order valence-electron chi connectivity index (χ0n) is 15.9. The average molecular weight is 395 g/mol. The van der Waals surface area contributed by atoms with Crippen molar-refractivity contribution in [2.75, 3.05) is 39.4 Å². The highest BCUT2D eigenvalue weighted by molar-refractivity contribution is 6.30. The number of carbonyl (C=O) groups excluding carboxylic acids is 2. The lowest BCUT2D eigenvalue weighted by molar-refractivity contribution is -0.136. The molecule has 0 saturated carbocycles. The summed E-state index contributed by atoms with van der Waals surface area (Å²) in [6, 6.07) is 5.33. The van der Waals surface area contributed by atoms with Crippen LogP contribution in [0.2, 0.25) is 5.02 Å². The molecule has 1 aromatic rings. The molecule has 1 unspecified atom stereocenters. The molecule has 27 heavy (non-hydrogen) atoms. The van der Waals surface area contributed by atoms with Gasteiger partial charge in [0.15, 0.2) is 6.61 Å². The second-order valence-electron chi connectivity index (χ2n) is 7.72. The molecule has 1 atom stereocenters. The van der Waals surface area contributed by atoms with Gasteiger partial charge in [0.25, 0.3) is 5.91 Å². The predicted octanol–water partition coefficient (Wildman–Crippen LogP) is 2.11. The summed E-state index contributed by atoms with van der Waals surface area (Å²) in [5, 5.41) is 10.4. The van der Waals surface area contributed by atoms with Gasteiger partial charge in [0, 0.05) is 50.7 Å². The third-order valence-electron chi connectivity index (χ3n) is 6.08. The molecule has 2 heterocycles. The zero-order chi connectivity index (χ0) is 19.6. The lowest BCUT2D eigenvalue weighted by Crippen LogP contribution is -2.48. The lowest BCUT2D eigenvalue weighted by Gasteiger charge is -2.42. The number of aliphatic hydroxyl groups excluding tert-OH is 1. The Morgan fingerprint density at radius 2 is 2.00 bits per heavy atom. The van der Waals surface area contributed by atoms with Crippen molar-refractivity contribution in [3.05, 3.63) is 28.8 Å². The van der Waals surface area contributed by atoms with Crippen LogP contribution in [0.5, 0.6) is 5.75 Å². The quantitative estimate of drug-likeness (QED) is 0.849. The van der Waals surface area contributed by atoms with Crippen LogP contribution >= 0.6 is 11.6 Å². The molecule has 2 aliphatic heterocycles. The SMILES string of the molecule is CC(=O)N1CC(CO)C2(CCN(C(=O)COc3ccc(Cl)cc3C)CC2)C1. The number of rotatable bonds is 4. The van der Waals surface area contributed by atoms with Gasteiger partial charge in [0.2, 0.25) is 5.91 Å². The van der Waals surface area contributed by atoms with E-state index in [0.717, 1.165) is 18.4 Å². The summed E-state index contributed by atoms with van der Waals surface area (Å²) in [4.78, 5) is 27.9. The van der Waals surface area contributed by atoms with E-state index < -0.39 is 0 Å². The van der Waals surface area contributed by atoms with Crippen LogP contribution < -0.4 is 4.74 Å². The van der Waals surface area contributed by atoms with Gasteiger partial charge in [-0.25, -0.2) is 0 Å². The van der Waals surface area contributed by atoms with Crippen molar-refractivity contribution in [3.8, 4) is 5.75 Å². The maximum Gasteiger partial charge on any atom is 0.260 e. The highest BCUT2D eigenvalue weighted by Crippen LogP contribution is 2.44. The van der Waals surface area contributed by atoms with Crippen molar-refractivity contribution in [2.45, 2.75) is 26.7 Å². The van der Waals surface area contributed by atoms with Crippen LogP contribution in [0.25, 0.3) is 0 Å². The van der Waals surface area contributed by atoms with Crippen LogP contribution in [0.1, 0.15) is 25.3 Å². The fourth-order valence-corrected chi connectivity index (χ4v) is 4.52. The summed E-state index contributed by atoms with van der Waals surface area (Å²) >= 11 is 5.94. The van der Waals surface area contributed by atoms with Crippen molar-refractivity contribution in [1.29, 1.82) is 0 Å². The molecule has 0 aliphatic carbocycles. The molecule has 2 saturated heterocycles. The Morgan fingerprint density at radius 3 is 2.59 bits per heavy atom. The van der Waals surface area contributed by atoms with Gasteiger partial charge in [-0.05, 0) is 48.9 Å². The van der Waals surface area contributed by atoms with Crippen LogP contribution in [0.15, 0.2) is 18.2 Å². The number of likely N-dealkylation sites (tertiary alicyclic amines) is 2. The molecular weight excluding hydrogens is 368 g/mol. The molecule has 6 nitrogen and oxygen atoms in total. The average Bonchev–Trinajstić information content (AvgIpc) is 3.00. The number of halogens is 1. The first-order valence-corrected chi connectivity index (χ1v) is 9.75. The number of carbonyl (C=O) groups is 2. The largest absolute Gasteiger partial charge is 0.483 e. The zero-order valence-corrected chi connectivity index (χ0v) is 16.7. The first kappa shape index (κ1) is 20.0. The van der Waals surface area contributed by atoms with Gasteiger partial charge in [-0.15, -0.1) is 0 Å². The van der Waals surface area contributed by atoms with E-state index in [0.29, 0.717) is 37.0 Å². The standard InChI is InChI=1S/C20H27ClN2O4/c1-14-9-17(21)3-4-18(14)27-12-19(26)22-7-5-20(6-8-22)13-23(15(2)25)10-16(20)11-24/h3-4,9,16,24H,5-8,10-13H2,1-2H3. The Kier molecular flexibility index (Phi) is 5.96. The molecule has 0 aromatic heterocycles. The first-order chi connectivity index (χ1) is 12.8. The van der Waals surface area contributed by atoms with Gasteiger partial charge in [0.05, 0.1) is 0 Å². The number of piperidine rings is 1. The summed E-state index contributed by atoms with van der Waals surface area (Å²) in [7, 11) is 0. The molecule has 1 aromatic carbocycles. The van der Waals surface area contributed by atoms with E-state index in [-0.39, 0.29) is 36.4 Å². The minimum atomic E-state index is -0.0785. The summed E-state index contributed by atoms with van der Waals surface area (Å²) in [5.41, 5.74) is 0.819. The maximum atomic E-state index is 12.5. The van der Waals surface area contributed by atoms with Crippen molar-refractivity contribution in [1.82, 2.24) is 9.80 Å². The van der Waals surface area contributed by atoms with Crippen LogP contribution in [-0.4, -0.2) is 66.1 Å². The lowest BCUT2D eigenvalue weighted by atomic mass is 9.71. The third kappa shape index (κ3) is 4.22. The highest BCUT2D eigenvalue weighted by Gasteiger charge is 2.48. The molecule has 7 heteroatoms. The molecule has 3 rings (SSSR count). The number of aliphatic hydroxyl groups is 1. The normalized spacial score (nSPS) is 21.6. The van der Waals surface area contributed by atoms with Gasteiger partial charge in [0.1, 0.15) is 5.75 Å². The van der Waals surface area contributed by atoms with Crippen molar-refractivity contribution >= 4 is 23.4 Å². The molecule has 0 bridgehead atoms. The number of hydrogen-bond acceptors (Lipinski definition) is 4. The first-order valence-electron chi connectivity index (χ1n) is 9.38. The fraction of sp³-hybridized carbons (Fsp3) is 0.600. The Labute approximate surface area is 165 Å². The molecule has 0 radical (unpaired) electrons. The molecule has 148 valence electrons. The van der Waals surface area contributed by atoms with Gasteiger partial charge in [-0.3, -0.25) is 9.59 Å². The molecule has 2 fully saturated rings. The van der Waals surface area contributed by atoms with Gasteiger partial charge in [-0.2, -0.15) is 0 Å². The number of benzene rings is 1. The summed E-state index contributed by atoms with van der Waals surface area (Å²) < 4.78 is 5.67. The van der Waals surface area contributed by atoms with Crippen molar-refractivity contribution in [3.63, 3.8) is 0 Å². The number of aryl methyl sites for hydroxylation is 1. The molecule has 1 N–H and O–H groups in total. The van der Waals surface area contributed by atoms with Crippen molar-refractivity contribution < 1.29 is 19.4 Å². The van der Waals surface area contributed by atoms with Crippen LogP contribution in [0, 0.1) is 18.3 Å². The Balaban J connectivity index is 1.55. The molecule has 2 aliphatic rings. The maximum absolute atomic E-state index is 12.5. The third-order valence-corrected chi connectivity index (χ3v) is 6.31. The topological polar surface area (TPSA) is 70.1 Å². The van der Waals surface area contributed by atoms with E-state index in [1.165, 1.54) is 0 Å². The van der Waals surface area contributed by atoms with E-state index in [1.807, 2.05) is 22.8 Å². The van der Waals surface area contributed by atoms with Gasteiger partial charge in [-0.1, -0.05) is 11.6 Å². The summed E-state index contributed by atoms with van der Waals surface area (Å²) in [6.45, 7) is 6.09. The molecule has 1 spiro atoms. The molecular formula is C20H27ClN2O4. The van der Waals surface area contributed by atoms with E-state index in [1.54, 1.807) is 19.1 Å². The van der Waals surface area contributed by atoms with E-state index >= 15 is 0 Å². The van der Waals surface area contributed by atoms with Crippen LogP contribution in [0.3, 0.4) is 0 Å². The minimum absolute atomic E-state index is 0.00152. The summed E-state index contributed by atoms with van der Waals surface area (Å²) in [6.07, 6.45) is 1.60. The number of ether oxygens (including phenoxy) is 1. The Hall–Kier alpha value is -1.79. The number of hydrogen-bond donors (Lipinski definition) is 1. The highest BCUT2D eigenvalue weighted by atomic mass is 35.5. The van der Waals surface area contributed by atoms with Crippen molar-refractivity contribution in [2.24, 2.45) is 11.3 Å². The second kappa shape index (κ2) is 8.07. The Morgan fingerprint density at radius 1 is 1.30 bits per heavy atom.